The zero-order chi connectivity index (χ0) is 13.1. The van der Waals surface area contributed by atoms with Gasteiger partial charge in [-0.1, -0.05) is 13.8 Å². The molecule has 96 valence electrons. The summed E-state index contributed by atoms with van der Waals surface area (Å²) in [5, 5.41) is 3.38. The fourth-order valence-corrected chi connectivity index (χ4v) is 3.66. The molecule has 2 nitrogen and oxygen atoms in total. The summed E-state index contributed by atoms with van der Waals surface area (Å²) in [6.07, 6.45) is 3.71. The van der Waals surface area contributed by atoms with E-state index >= 15 is 0 Å². The zero-order valence-electron chi connectivity index (χ0n) is 10.8. The van der Waals surface area contributed by atoms with Crippen LogP contribution in [0.3, 0.4) is 0 Å². The van der Waals surface area contributed by atoms with Gasteiger partial charge in [-0.15, -0.1) is 11.3 Å². The Morgan fingerprint density at radius 2 is 2.06 bits per heavy atom. The Morgan fingerprint density at radius 3 is 2.67 bits per heavy atom. The highest BCUT2D eigenvalue weighted by Crippen LogP contribution is 2.34. The van der Waals surface area contributed by atoms with E-state index in [0.29, 0.717) is 12.0 Å². The third-order valence-electron chi connectivity index (χ3n) is 2.90. The average molecular weight is 325 g/mol. The first-order valence-electron chi connectivity index (χ1n) is 5.99. The number of pyridine rings is 1. The molecule has 4 heteroatoms. The number of hydrogen-bond donors (Lipinski definition) is 1. The van der Waals surface area contributed by atoms with Gasteiger partial charge in [-0.2, -0.15) is 0 Å². The molecule has 0 aromatic carbocycles. The third kappa shape index (κ3) is 2.99. The molecule has 0 amide bonds. The lowest BCUT2D eigenvalue weighted by Crippen LogP contribution is -2.20. The predicted octanol–water partition coefficient (Wildman–Crippen LogP) is 4.49. The van der Waals surface area contributed by atoms with E-state index in [2.05, 4.69) is 58.3 Å². The lowest BCUT2D eigenvalue weighted by molar-refractivity contribution is 0.449. The van der Waals surface area contributed by atoms with E-state index in [9.17, 15) is 0 Å². The SMILES string of the molecule is CNC(c1ccc(-c2cncc(Br)c2)s1)C(C)C. The van der Waals surface area contributed by atoms with E-state index < -0.39 is 0 Å². The maximum atomic E-state index is 4.21. The summed E-state index contributed by atoms with van der Waals surface area (Å²) >= 11 is 5.29. The number of hydrogen-bond acceptors (Lipinski definition) is 3. The maximum Gasteiger partial charge on any atom is 0.0435 e. The lowest BCUT2D eigenvalue weighted by atomic mass is 10.0. The number of thiophene rings is 1. The lowest BCUT2D eigenvalue weighted by Gasteiger charge is -2.18. The van der Waals surface area contributed by atoms with Crippen LogP contribution in [0, 0.1) is 5.92 Å². The van der Waals surface area contributed by atoms with Crippen LogP contribution in [0.25, 0.3) is 10.4 Å². The molecule has 0 aliphatic rings. The van der Waals surface area contributed by atoms with Crippen molar-refractivity contribution in [2.45, 2.75) is 19.9 Å². The van der Waals surface area contributed by atoms with Crippen molar-refractivity contribution in [2.75, 3.05) is 7.05 Å². The molecular weight excluding hydrogens is 308 g/mol. The molecule has 2 rings (SSSR count). The smallest absolute Gasteiger partial charge is 0.0435 e. The van der Waals surface area contributed by atoms with Gasteiger partial charge in [-0.05, 0) is 47.1 Å². The van der Waals surface area contributed by atoms with E-state index in [0.717, 1.165) is 4.47 Å². The number of halogens is 1. The first-order valence-corrected chi connectivity index (χ1v) is 7.60. The standard InChI is InChI=1S/C14H17BrN2S/c1-9(2)14(16-3)13-5-4-12(18-13)10-6-11(15)8-17-7-10/h4-9,14,16H,1-3H3. The molecule has 2 aromatic rings. The van der Waals surface area contributed by atoms with Crippen molar-refractivity contribution in [1.82, 2.24) is 10.3 Å². The van der Waals surface area contributed by atoms with Crippen molar-refractivity contribution in [3.8, 4) is 10.4 Å². The molecule has 1 N–H and O–H groups in total. The second kappa shape index (κ2) is 5.95. The fourth-order valence-electron chi connectivity index (χ4n) is 2.03. The van der Waals surface area contributed by atoms with Crippen LogP contribution < -0.4 is 5.32 Å². The van der Waals surface area contributed by atoms with Gasteiger partial charge in [0.15, 0.2) is 0 Å². The van der Waals surface area contributed by atoms with Crippen molar-refractivity contribution in [2.24, 2.45) is 5.92 Å². The minimum absolute atomic E-state index is 0.420. The second-order valence-electron chi connectivity index (χ2n) is 4.60. The first-order chi connectivity index (χ1) is 8.61. The van der Waals surface area contributed by atoms with Crippen molar-refractivity contribution < 1.29 is 0 Å². The Kier molecular flexibility index (Phi) is 4.54. The van der Waals surface area contributed by atoms with E-state index in [1.54, 1.807) is 0 Å². The van der Waals surface area contributed by atoms with E-state index in [1.807, 2.05) is 30.8 Å². The van der Waals surface area contributed by atoms with Crippen LogP contribution in [0.2, 0.25) is 0 Å². The summed E-state index contributed by atoms with van der Waals surface area (Å²) in [6, 6.07) is 6.91. The van der Waals surface area contributed by atoms with Gasteiger partial charge in [0.25, 0.3) is 0 Å². The van der Waals surface area contributed by atoms with Crippen molar-refractivity contribution in [1.29, 1.82) is 0 Å². The Bertz CT molecular complexity index is 522. The van der Waals surface area contributed by atoms with Gasteiger partial charge in [-0.3, -0.25) is 4.98 Å². The fraction of sp³-hybridized carbons (Fsp3) is 0.357. The summed E-state index contributed by atoms with van der Waals surface area (Å²) < 4.78 is 1.02. The topological polar surface area (TPSA) is 24.9 Å². The first kappa shape index (κ1) is 13.7. The highest BCUT2D eigenvalue weighted by molar-refractivity contribution is 9.10. The van der Waals surface area contributed by atoms with Gasteiger partial charge in [0.2, 0.25) is 0 Å². The molecule has 0 saturated carbocycles. The van der Waals surface area contributed by atoms with Gasteiger partial charge in [0.1, 0.15) is 0 Å². The Hall–Kier alpha value is -0.710. The highest BCUT2D eigenvalue weighted by Gasteiger charge is 2.16. The van der Waals surface area contributed by atoms with Gasteiger partial charge in [-0.25, -0.2) is 0 Å². The largest absolute Gasteiger partial charge is 0.312 e. The van der Waals surface area contributed by atoms with Crippen molar-refractivity contribution in [3.05, 3.63) is 39.9 Å². The quantitative estimate of drug-likeness (QED) is 0.896. The predicted molar refractivity (Wildman–Crippen MR) is 81.9 cm³/mol. The Balaban J connectivity index is 2.30. The highest BCUT2D eigenvalue weighted by atomic mass is 79.9. The molecule has 18 heavy (non-hydrogen) atoms. The normalized spacial score (nSPS) is 12.9. The molecule has 0 radical (unpaired) electrons. The van der Waals surface area contributed by atoms with Gasteiger partial charge < -0.3 is 5.32 Å². The minimum Gasteiger partial charge on any atom is -0.312 e. The van der Waals surface area contributed by atoms with Crippen LogP contribution in [0.15, 0.2) is 35.1 Å². The van der Waals surface area contributed by atoms with E-state index in [-0.39, 0.29) is 0 Å². The number of nitrogens with one attached hydrogen (secondary N) is 1. The van der Waals surface area contributed by atoms with Gasteiger partial charge in [0, 0.05) is 38.2 Å². The molecule has 0 aliphatic carbocycles. The summed E-state index contributed by atoms with van der Waals surface area (Å²) in [7, 11) is 2.02. The van der Waals surface area contributed by atoms with Crippen molar-refractivity contribution >= 4 is 27.3 Å². The monoisotopic (exact) mass is 324 g/mol. The summed E-state index contributed by atoms with van der Waals surface area (Å²) in [5.74, 6) is 0.585. The van der Waals surface area contributed by atoms with Crippen LogP contribution in [-0.4, -0.2) is 12.0 Å². The second-order valence-corrected chi connectivity index (χ2v) is 6.64. The minimum atomic E-state index is 0.420. The molecule has 1 atom stereocenters. The Labute approximate surface area is 121 Å². The van der Waals surface area contributed by atoms with E-state index in [1.165, 1.54) is 15.3 Å². The molecular formula is C14H17BrN2S. The summed E-state index contributed by atoms with van der Waals surface area (Å²) in [4.78, 5) is 6.86. The Morgan fingerprint density at radius 1 is 1.28 bits per heavy atom. The van der Waals surface area contributed by atoms with Crippen LogP contribution in [0.1, 0.15) is 24.8 Å². The van der Waals surface area contributed by atoms with Crippen LogP contribution in [0.4, 0.5) is 0 Å². The number of aromatic nitrogens is 1. The van der Waals surface area contributed by atoms with Gasteiger partial charge in [0.05, 0.1) is 0 Å². The van der Waals surface area contributed by atoms with Crippen LogP contribution in [-0.2, 0) is 0 Å². The molecule has 0 saturated heterocycles. The van der Waals surface area contributed by atoms with E-state index in [4.69, 9.17) is 0 Å². The summed E-state index contributed by atoms with van der Waals surface area (Å²) in [5.41, 5.74) is 1.17. The number of nitrogens with zero attached hydrogens (tertiary/aromatic N) is 1. The van der Waals surface area contributed by atoms with Gasteiger partial charge >= 0.3 is 0 Å². The molecule has 0 aliphatic heterocycles. The van der Waals surface area contributed by atoms with Crippen LogP contribution >= 0.6 is 27.3 Å². The maximum absolute atomic E-state index is 4.21. The molecule has 1 unspecified atom stereocenters. The third-order valence-corrected chi connectivity index (χ3v) is 4.55. The molecule has 2 heterocycles. The average Bonchev–Trinajstić information content (AvgIpc) is 2.79. The van der Waals surface area contributed by atoms with Crippen molar-refractivity contribution in [3.63, 3.8) is 0 Å². The number of rotatable bonds is 4. The zero-order valence-corrected chi connectivity index (χ0v) is 13.2. The van der Waals surface area contributed by atoms with Crippen LogP contribution in [0.5, 0.6) is 0 Å². The summed E-state index contributed by atoms with van der Waals surface area (Å²) in [6.45, 7) is 4.47. The molecule has 0 bridgehead atoms. The molecule has 0 spiro atoms. The molecule has 2 aromatic heterocycles. The molecule has 0 fully saturated rings.